The minimum atomic E-state index is -2.28. The van der Waals surface area contributed by atoms with Crippen molar-refractivity contribution in [2.45, 2.75) is 323 Å². The monoisotopic (exact) mass is 1450 g/mol. The Morgan fingerprint density at radius 3 is 1.50 bits per heavy atom. The van der Waals surface area contributed by atoms with Crippen molar-refractivity contribution in [1.29, 1.82) is 0 Å². The molecule has 18 N–H and O–H groups in total. The van der Waals surface area contributed by atoms with Crippen molar-refractivity contribution in [1.82, 2.24) is 0 Å². The lowest BCUT2D eigenvalue weighted by Crippen LogP contribution is -2.71. The molecule has 33 heteroatoms. The number of fused-ring (bicyclic) bond motifs is 7. The largest absolute Gasteiger partial charge is 0.479 e. The molecule has 6 saturated heterocycles. The third kappa shape index (κ3) is 13.1. The van der Waals surface area contributed by atoms with Crippen molar-refractivity contribution in [2.24, 2.45) is 50.2 Å². The Balaban J connectivity index is 0.860. The molecule has 0 spiro atoms. The molecule has 0 unspecified atom stereocenters. The molecule has 0 aromatic carbocycles. The number of allylic oxidation sites excluding steroid dienone is 2. The third-order valence-corrected chi connectivity index (χ3v) is 26.7. The topological polar surface area (TPSA) is 526 Å². The molecule has 6 heterocycles. The van der Waals surface area contributed by atoms with Crippen molar-refractivity contribution < 1.29 is 163 Å². The van der Waals surface area contributed by atoms with E-state index < -0.39 is 254 Å². The molecule has 11 rings (SSSR count). The highest BCUT2D eigenvalue weighted by Crippen LogP contribution is 2.77. The molecule has 0 radical (unpaired) electrons. The number of aliphatic hydroxyl groups is 17. The van der Waals surface area contributed by atoms with E-state index in [0.29, 0.717) is 44.9 Å². The fraction of sp³-hybridized carbons (Fsp3) is 0.926. The fourth-order valence-corrected chi connectivity index (χ4v) is 19.9. The van der Waals surface area contributed by atoms with Crippen molar-refractivity contribution in [3.8, 4) is 0 Å². The van der Waals surface area contributed by atoms with Gasteiger partial charge in [0.05, 0.1) is 37.4 Å². The summed E-state index contributed by atoms with van der Waals surface area (Å²) in [5.41, 5.74) is -4.74. The molecule has 0 bridgehead atoms. The van der Waals surface area contributed by atoms with E-state index in [1.165, 1.54) is 26.3 Å². The summed E-state index contributed by atoms with van der Waals surface area (Å²) in [7, 11) is 0. The van der Waals surface area contributed by atoms with Gasteiger partial charge in [0.15, 0.2) is 49.4 Å². The first-order valence-corrected chi connectivity index (χ1v) is 35.4. The summed E-state index contributed by atoms with van der Waals surface area (Å²) in [5, 5.41) is 196. The molecule has 101 heavy (non-hydrogen) atoms. The summed E-state index contributed by atoms with van der Waals surface area (Å²) in [4.78, 5) is 42.9. The Labute approximate surface area is 584 Å². The van der Waals surface area contributed by atoms with Crippen LogP contribution < -0.4 is 0 Å². The van der Waals surface area contributed by atoms with Gasteiger partial charge in [0.1, 0.15) is 128 Å². The number of rotatable bonds is 17. The maximum atomic E-state index is 15.0. The molecular formula is C68H108O33. The smallest absolute Gasteiger partial charge is 0.335 e. The Bertz CT molecular complexity index is 2980. The molecule has 0 aromatic heterocycles. The van der Waals surface area contributed by atoms with E-state index in [4.69, 9.17) is 56.8 Å². The molecular weight excluding hydrogens is 1340 g/mol. The highest BCUT2D eigenvalue weighted by atomic mass is 16.8. The van der Waals surface area contributed by atoms with Gasteiger partial charge in [0.25, 0.3) is 0 Å². The number of carboxylic acids is 1. The van der Waals surface area contributed by atoms with Crippen LogP contribution in [0.15, 0.2) is 11.6 Å². The quantitative estimate of drug-likeness (QED) is 0.0372. The summed E-state index contributed by atoms with van der Waals surface area (Å²) >= 11 is 0. The van der Waals surface area contributed by atoms with Crippen molar-refractivity contribution in [3.05, 3.63) is 11.6 Å². The maximum Gasteiger partial charge on any atom is 0.335 e. The Morgan fingerprint density at radius 1 is 0.475 bits per heavy atom. The van der Waals surface area contributed by atoms with Crippen LogP contribution in [0.1, 0.15) is 133 Å². The molecule has 4 saturated carbocycles. The first-order valence-electron chi connectivity index (χ1n) is 35.4. The Hall–Kier alpha value is -2.77. The van der Waals surface area contributed by atoms with E-state index in [9.17, 15) is 106 Å². The number of hydrogen-bond acceptors (Lipinski definition) is 32. The summed E-state index contributed by atoms with van der Waals surface area (Å²) in [6.07, 6.45) is -47.9. The predicted octanol–water partition coefficient (Wildman–Crippen LogP) is -4.28. The SMILES string of the molecule is CC(=O)[C@]1(O[C@@H]2O[C@H](C(=O)O)[C@@H](O)[C@H](O)[C@H]2O[C@@H]2O[C@H](CO)[C@@H](O[C@@H]3O[C@@H](C)[C@H](O)[C@@H](O)[C@H]3O)[C@H](O)[C@H]2O[C@@H]2O[C@@H](C)[C@H](O)[C@@H](O)[C@H]2O)CC[C@]2(C)[C@H]3CC=C4[C@@H]5C[C@](C)(C(=O)O[C@@H]6O[C@H](CO)[C@@H](O)[C@H](O)[C@H]6O[C@H]6O[C@H](CO)[C@@H](O)[C@H](O)[C@H]6O)CC[C@]5(C)CC[C@]4(C)[C@]3(C)CC[C@H]2C1(C)C. The molecule has 578 valence electrons. The number of carbonyl (C=O) groups excluding carboxylic acids is 2. The number of ether oxygens (including phenoxy) is 12. The van der Waals surface area contributed by atoms with Gasteiger partial charge in [-0.2, -0.15) is 0 Å². The number of ketones is 1. The molecule has 0 amide bonds. The maximum absolute atomic E-state index is 15.0. The third-order valence-electron chi connectivity index (χ3n) is 26.7. The van der Waals surface area contributed by atoms with E-state index in [-0.39, 0.29) is 29.6 Å². The molecule has 6 aliphatic heterocycles. The lowest BCUT2D eigenvalue weighted by atomic mass is 9.33. The van der Waals surface area contributed by atoms with E-state index in [1.807, 2.05) is 13.8 Å². The van der Waals surface area contributed by atoms with Gasteiger partial charge in [0, 0.05) is 5.41 Å². The average molecular weight is 1450 g/mol. The second-order valence-corrected chi connectivity index (χ2v) is 32.5. The molecule has 5 aliphatic carbocycles. The van der Waals surface area contributed by atoms with E-state index in [1.54, 1.807) is 6.92 Å². The minimum Gasteiger partial charge on any atom is -0.479 e. The van der Waals surface area contributed by atoms with Crippen LogP contribution in [0.3, 0.4) is 0 Å². The van der Waals surface area contributed by atoms with Crippen LogP contribution >= 0.6 is 0 Å². The lowest BCUT2D eigenvalue weighted by molar-refractivity contribution is -0.409. The van der Waals surface area contributed by atoms with E-state index in [0.717, 1.165) is 12.8 Å². The van der Waals surface area contributed by atoms with Gasteiger partial charge < -0.3 is 149 Å². The number of esters is 1. The van der Waals surface area contributed by atoms with Crippen LogP contribution in [0.2, 0.25) is 0 Å². The summed E-state index contributed by atoms with van der Waals surface area (Å²) < 4.78 is 72.7. The van der Waals surface area contributed by atoms with Crippen LogP contribution in [-0.2, 0) is 71.2 Å². The van der Waals surface area contributed by atoms with Gasteiger partial charge >= 0.3 is 11.9 Å². The lowest BCUT2D eigenvalue weighted by Gasteiger charge is -2.72. The van der Waals surface area contributed by atoms with Crippen LogP contribution in [-0.4, -0.2) is 319 Å². The van der Waals surface area contributed by atoms with Gasteiger partial charge in [0.2, 0.25) is 6.29 Å². The highest BCUT2D eigenvalue weighted by molar-refractivity contribution is 5.86. The normalized spacial score (nSPS) is 54.4. The Morgan fingerprint density at radius 2 is 0.950 bits per heavy atom. The fourth-order valence-electron chi connectivity index (χ4n) is 19.9. The number of hydrogen-bond donors (Lipinski definition) is 18. The molecule has 33 nitrogen and oxygen atoms in total. The summed E-state index contributed by atoms with van der Waals surface area (Å²) in [6, 6.07) is 0. The van der Waals surface area contributed by atoms with Gasteiger partial charge in [-0.3, -0.25) is 9.59 Å². The zero-order chi connectivity index (χ0) is 74.2. The number of carboxylic acid groups (broad SMARTS) is 1. The standard InChI is InChI=1S/C68H108O33/c1-25-35(73)39(77)45(83)55(90-25)95-49-32(24-71)94-58(53(48(49)86)98-56-46(84)40(78)36(74)26(2)91-56)99-52-44(82)43(81)50(54(87)88)96-60(52)101-68(27(3)72)20-18-65(8)33(62(68,4)5)13-14-67(10)34(65)12-11-28-29-21-64(7,16-15-63(29,6)17-19-66(28,67)9)61(89)100-59-51(42(80)38(76)31(23-70)93-59)97-57-47(85)41(79)37(75)30(22-69)92-57/h11,25-26,29-53,55-60,69-71,73-86H,12-24H2,1-10H3,(H,87,88)/t25-,26-,29-,30+,31+,32+,33-,34+,35-,36-,37+,38+,39+,40+,41-,42-,43-,44-,45+,46+,47+,48-,49+,50-,51+,52+,53+,55-,56-,57+,58-,59-,60-,63+,64+,65-,66-,67+,68+/m0/s1. The molecule has 0 aromatic rings. The highest BCUT2D eigenvalue weighted by Gasteiger charge is 2.73. The zero-order valence-electron chi connectivity index (χ0n) is 58.5. The van der Waals surface area contributed by atoms with Crippen molar-refractivity contribution >= 4 is 17.7 Å². The molecule has 11 aliphatic rings. The van der Waals surface area contributed by atoms with Crippen LogP contribution in [0.25, 0.3) is 0 Å². The number of Topliss-reactive ketones (excluding diaryl/α,β-unsaturated/α-hetero) is 1. The van der Waals surface area contributed by atoms with Gasteiger partial charge in [-0.05, 0) is 131 Å². The summed E-state index contributed by atoms with van der Waals surface area (Å²) in [5.74, 6) is -3.51. The van der Waals surface area contributed by atoms with Crippen molar-refractivity contribution in [3.63, 3.8) is 0 Å². The minimum absolute atomic E-state index is 0.000816. The second kappa shape index (κ2) is 29.0. The molecule has 39 atom stereocenters. The van der Waals surface area contributed by atoms with Crippen LogP contribution in [0, 0.1) is 50.2 Å². The van der Waals surface area contributed by atoms with Crippen LogP contribution in [0.5, 0.6) is 0 Å². The zero-order valence-corrected chi connectivity index (χ0v) is 58.5. The van der Waals surface area contributed by atoms with Crippen LogP contribution in [0.4, 0.5) is 0 Å². The van der Waals surface area contributed by atoms with E-state index >= 15 is 0 Å². The van der Waals surface area contributed by atoms with Gasteiger partial charge in [-0.15, -0.1) is 0 Å². The first kappa shape index (κ1) is 79.3. The number of aliphatic carboxylic acids is 1. The van der Waals surface area contributed by atoms with Crippen molar-refractivity contribution in [2.75, 3.05) is 19.8 Å². The molecule has 10 fully saturated rings. The Kier molecular flexibility index (Phi) is 22.8. The summed E-state index contributed by atoms with van der Waals surface area (Å²) in [6.45, 7) is 16.0. The predicted molar refractivity (Wildman–Crippen MR) is 335 cm³/mol. The number of carbonyl (C=O) groups is 3. The van der Waals surface area contributed by atoms with Gasteiger partial charge in [-0.1, -0.05) is 53.2 Å². The number of aliphatic hydroxyl groups excluding tert-OH is 17. The average Bonchev–Trinajstić information content (AvgIpc) is 0.671. The van der Waals surface area contributed by atoms with E-state index in [2.05, 4.69) is 33.8 Å². The van der Waals surface area contributed by atoms with Gasteiger partial charge in [-0.25, -0.2) is 4.79 Å². The second-order valence-electron chi connectivity index (χ2n) is 32.5. The first-order chi connectivity index (χ1) is 47.2.